The van der Waals surface area contributed by atoms with Gasteiger partial charge in [0.25, 0.3) is 5.91 Å². The van der Waals surface area contributed by atoms with Crippen molar-refractivity contribution in [3.05, 3.63) is 46.7 Å². The quantitative estimate of drug-likeness (QED) is 0.353. The normalized spacial score (nSPS) is 17.3. The number of carbonyl (C=O) groups is 2. The Hall–Kier alpha value is -2.52. The lowest BCUT2D eigenvalue weighted by Crippen LogP contribution is -2.50. The number of fused-ring (bicyclic) bond motifs is 1. The van der Waals surface area contributed by atoms with Gasteiger partial charge < -0.3 is 14.4 Å². The molecule has 0 aliphatic carbocycles. The second-order valence-corrected chi connectivity index (χ2v) is 7.47. The number of ketones is 1. The molecule has 0 N–H and O–H groups in total. The fourth-order valence-electron chi connectivity index (χ4n) is 2.73. The fraction of sp³-hybridized carbons (Fsp3) is 0.263. The Labute approximate surface area is 178 Å². The number of carbonyl (C=O) groups excluding carboxylic acids is 2. The highest BCUT2D eigenvalue weighted by Crippen LogP contribution is 2.41. The van der Waals surface area contributed by atoms with Crippen LogP contribution in [0.3, 0.4) is 0 Å². The van der Waals surface area contributed by atoms with Crippen LogP contribution in [0.5, 0.6) is 17.2 Å². The fourth-order valence-corrected chi connectivity index (χ4v) is 3.09. The Morgan fingerprint density at radius 2 is 1.93 bits per heavy atom. The summed E-state index contributed by atoms with van der Waals surface area (Å²) in [6, 6.07) is 4.80. The van der Waals surface area contributed by atoms with E-state index in [9.17, 15) is 27.2 Å². The van der Waals surface area contributed by atoms with Crippen LogP contribution in [0.25, 0.3) is 0 Å². The molecule has 0 bridgehead atoms. The van der Waals surface area contributed by atoms with Crippen LogP contribution in [0, 0.1) is 5.82 Å². The molecule has 3 rings (SSSR count). The number of benzene rings is 2. The van der Waals surface area contributed by atoms with Gasteiger partial charge in [0, 0.05) is 13.1 Å². The minimum absolute atomic E-state index is 0.0396. The minimum Gasteiger partial charge on any atom is -0.470 e. The van der Waals surface area contributed by atoms with Gasteiger partial charge in [0.05, 0.1) is 21.7 Å². The first-order chi connectivity index (χ1) is 13.9. The number of Topliss-reactive ketones (excluding diaryl/α,β-unsaturated/α-hetero) is 1. The Morgan fingerprint density at radius 3 is 2.50 bits per heavy atom. The van der Waals surface area contributed by atoms with E-state index in [2.05, 4.69) is 0 Å². The van der Waals surface area contributed by atoms with Gasteiger partial charge in [-0.2, -0.15) is 13.2 Å². The second kappa shape index (κ2) is 7.96. The molecular weight excluding hydrogens is 453 g/mol. The number of alkyl halides is 4. The zero-order valence-corrected chi connectivity index (χ0v) is 16.9. The van der Waals surface area contributed by atoms with Crippen molar-refractivity contribution >= 4 is 40.6 Å². The molecule has 0 saturated heterocycles. The zero-order valence-electron chi connectivity index (χ0n) is 15.4. The van der Waals surface area contributed by atoms with Gasteiger partial charge in [-0.05, 0) is 31.2 Å². The summed E-state index contributed by atoms with van der Waals surface area (Å²) >= 11 is 11.5. The summed E-state index contributed by atoms with van der Waals surface area (Å²) < 4.78 is 63.3. The molecule has 1 amide bonds. The SMILES string of the molecule is CC(Cl)C(=O)C1Oc2cc(Oc3c(F)cc(C(F)(F)F)cc3Cl)ccc2N(C)C1=O. The molecule has 2 aromatic carbocycles. The van der Waals surface area contributed by atoms with Crippen LogP contribution in [-0.2, 0) is 15.8 Å². The van der Waals surface area contributed by atoms with Crippen LogP contribution < -0.4 is 14.4 Å². The lowest BCUT2D eigenvalue weighted by atomic mass is 10.1. The van der Waals surface area contributed by atoms with Gasteiger partial charge in [-0.25, -0.2) is 4.39 Å². The van der Waals surface area contributed by atoms with E-state index in [1.165, 1.54) is 37.1 Å². The first-order valence-electron chi connectivity index (χ1n) is 8.40. The number of halogens is 6. The highest BCUT2D eigenvalue weighted by molar-refractivity contribution is 6.34. The smallest absolute Gasteiger partial charge is 0.416 e. The topological polar surface area (TPSA) is 55.8 Å². The molecule has 1 heterocycles. The molecule has 11 heteroatoms. The molecule has 2 atom stereocenters. The van der Waals surface area contributed by atoms with Crippen LogP contribution in [0.4, 0.5) is 23.2 Å². The molecule has 0 spiro atoms. The third kappa shape index (κ3) is 4.17. The molecule has 30 heavy (non-hydrogen) atoms. The van der Waals surface area contributed by atoms with Gasteiger partial charge in [0.15, 0.2) is 11.6 Å². The lowest BCUT2D eigenvalue weighted by molar-refractivity contribution is -0.138. The molecule has 2 aromatic rings. The molecule has 0 saturated carbocycles. The van der Waals surface area contributed by atoms with Crippen LogP contribution >= 0.6 is 23.2 Å². The summed E-state index contributed by atoms with van der Waals surface area (Å²) in [5, 5.41) is -1.56. The van der Waals surface area contributed by atoms with Crippen LogP contribution in [0.1, 0.15) is 12.5 Å². The average Bonchev–Trinajstić information content (AvgIpc) is 2.65. The van der Waals surface area contributed by atoms with Gasteiger partial charge in [-0.15, -0.1) is 11.6 Å². The number of anilines is 1. The van der Waals surface area contributed by atoms with E-state index >= 15 is 0 Å². The Bertz CT molecular complexity index is 1000. The average molecular weight is 466 g/mol. The Kier molecular flexibility index (Phi) is 5.88. The molecular formula is C19H13Cl2F4NO4. The third-order valence-corrected chi connectivity index (χ3v) is 4.78. The summed E-state index contributed by atoms with van der Waals surface area (Å²) in [6.45, 7) is 1.39. The maximum atomic E-state index is 14.2. The largest absolute Gasteiger partial charge is 0.470 e. The molecule has 0 fully saturated rings. The number of nitrogens with zero attached hydrogens (tertiary/aromatic N) is 1. The molecule has 0 aromatic heterocycles. The van der Waals surface area contributed by atoms with Crippen molar-refractivity contribution in [3.63, 3.8) is 0 Å². The number of hydrogen-bond acceptors (Lipinski definition) is 4. The number of amides is 1. The summed E-state index contributed by atoms with van der Waals surface area (Å²) in [5.74, 6) is -3.18. The number of rotatable bonds is 4. The van der Waals surface area contributed by atoms with Crippen molar-refractivity contribution in [2.24, 2.45) is 0 Å². The van der Waals surface area contributed by atoms with Crippen LogP contribution in [-0.4, -0.2) is 30.2 Å². The van der Waals surface area contributed by atoms with Crippen molar-refractivity contribution in [3.8, 4) is 17.2 Å². The summed E-state index contributed by atoms with van der Waals surface area (Å²) in [4.78, 5) is 25.7. The molecule has 5 nitrogen and oxygen atoms in total. The molecule has 0 radical (unpaired) electrons. The van der Waals surface area contributed by atoms with Crippen molar-refractivity contribution < 1.29 is 36.6 Å². The molecule has 160 valence electrons. The Balaban J connectivity index is 1.94. The minimum atomic E-state index is -4.78. The summed E-state index contributed by atoms with van der Waals surface area (Å²) in [5.41, 5.74) is -0.958. The van der Waals surface area contributed by atoms with E-state index in [0.29, 0.717) is 11.8 Å². The van der Waals surface area contributed by atoms with Gasteiger partial charge in [-0.1, -0.05) is 11.6 Å². The van der Waals surface area contributed by atoms with E-state index in [0.717, 1.165) is 0 Å². The first kappa shape index (κ1) is 22.2. The second-order valence-electron chi connectivity index (χ2n) is 6.41. The van der Waals surface area contributed by atoms with Crippen LogP contribution in [0.2, 0.25) is 5.02 Å². The van der Waals surface area contributed by atoms with E-state index in [1.807, 2.05) is 0 Å². The standard InChI is InChI=1S/C19H13Cl2F4NO4/c1-8(20)15(27)17-18(28)26(2)13-4-3-10(7-14(13)30-17)29-16-11(21)5-9(6-12(16)22)19(23,24)25/h3-8,17H,1-2H3. The third-order valence-electron chi connectivity index (χ3n) is 4.29. The number of hydrogen-bond donors (Lipinski definition) is 0. The van der Waals surface area contributed by atoms with Gasteiger partial charge >= 0.3 is 6.18 Å². The monoisotopic (exact) mass is 465 g/mol. The first-order valence-corrected chi connectivity index (χ1v) is 9.21. The molecule has 1 aliphatic heterocycles. The van der Waals surface area contributed by atoms with Crippen LogP contribution in [0.15, 0.2) is 30.3 Å². The lowest BCUT2D eigenvalue weighted by Gasteiger charge is -2.31. The Morgan fingerprint density at radius 1 is 1.27 bits per heavy atom. The predicted octanol–water partition coefficient (Wildman–Crippen LogP) is 5.21. The molecule has 1 aliphatic rings. The molecule has 2 unspecified atom stereocenters. The number of likely N-dealkylation sites (N-methyl/N-ethyl adjacent to an activating group) is 1. The van der Waals surface area contributed by atoms with Gasteiger partial charge in [0.2, 0.25) is 11.9 Å². The highest BCUT2D eigenvalue weighted by Gasteiger charge is 2.39. The maximum Gasteiger partial charge on any atom is 0.416 e. The van der Waals surface area contributed by atoms with E-state index in [-0.39, 0.29) is 17.6 Å². The van der Waals surface area contributed by atoms with Crippen molar-refractivity contribution in [1.82, 2.24) is 0 Å². The maximum absolute atomic E-state index is 14.2. The number of ether oxygens (including phenoxy) is 2. The zero-order chi connectivity index (χ0) is 22.4. The van der Waals surface area contributed by atoms with Gasteiger partial charge in [0.1, 0.15) is 11.5 Å². The van der Waals surface area contributed by atoms with E-state index in [4.69, 9.17) is 32.7 Å². The predicted molar refractivity (Wildman–Crippen MR) is 101 cm³/mol. The summed E-state index contributed by atoms with van der Waals surface area (Å²) in [7, 11) is 1.43. The van der Waals surface area contributed by atoms with Gasteiger partial charge in [-0.3, -0.25) is 9.59 Å². The van der Waals surface area contributed by atoms with E-state index in [1.54, 1.807) is 0 Å². The van der Waals surface area contributed by atoms with Crippen molar-refractivity contribution in [2.75, 3.05) is 11.9 Å². The van der Waals surface area contributed by atoms with Crippen molar-refractivity contribution in [1.29, 1.82) is 0 Å². The highest BCUT2D eigenvalue weighted by atomic mass is 35.5. The summed E-state index contributed by atoms with van der Waals surface area (Å²) in [6.07, 6.45) is -6.25. The van der Waals surface area contributed by atoms with E-state index < -0.39 is 51.5 Å². The van der Waals surface area contributed by atoms with Crippen molar-refractivity contribution in [2.45, 2.75) is 24.6 Å².